The third-order valence-corrected chi connectivity index (χ3v) is 6.94. The SMILES string of the molecule is C[C@H](CO)N1C[C@H](C)[C@@H](CN(C)C)Oc2ccc(NS(=O)(=O)c3cn(C)cn3)cc2CC1=O. The summed E-state index contributed by atoms with van der Waals surface area (Å²) >= 11 is 0. The molecule has 2 N–H and O–H groups in total. The normalized spacial score (nSPS) is 20.5. The first kappa shape index (κ1) is 25.0. The van der Waals surface area contributed by atoms with Gasteiger partial charge in [-0.2, -0.15) is 8.42 Å². The molecule has 3 rings (SSSR count). The van der Waals surface area contributed by atoms with Crippen LogP contribution in [0.3, 0.4) is 0 Å². The summed E-state index contributed by atoms with van der Waals surface area (Å²) in [6.07, 6.45) is 2.65. The lowest BCUT2D eigenvalue weighted by Crippen LogP contribution is -2.47. The molecule has 3 atom stereocenters. The summed E-state index contributed by atoms with van der Waals surface area (Å²) < 4.78 is 35.8. The van der Waals surface area contributed by atoms with Crippen LogP contribution in [0.5, 0.6) is 5.75 Å². The zero-order valence-corrected chi connectivity index (χ0v) is 20.5. The van der Waals surface area contributed by atoms with E-state index in [9.17, 15) is 18.3 Å². The Morgan fingerprint density at radius 2 is 2.09 bits per heavy atom. The Kier molecular flexibility index (Phi) is 7.65. The van der Waals surface area contributed by atoms with Crippen LogP contribution in [0, 0.1) is 5.92 Å². The largest absolute Gasteiger partial charge is 0.488 e. The minimum Gasteiger partial charge on any atom is -0.488 e. The molecule has 2 aromatic rings. The first-order valence-electron chi connectivity index (χ1n) is 10.9. The summed E-state index contributed by atoms with van der Waals surface area (Å²) in [4.78, 5) is 20.8. The Hall–Kier alpha value is -2.63. The molecule has 1 aliphatic rings. The van der Waals surface area contributed by atoms with E-state index in [1.165, 1.54) is 12.5 Å². The average Bonchev–Trinajstić information content (AvgIpc) is 3.19. The highest BCUT2D eigenvalue weighted by Crippen LogP contribution is 2.30. The molecule has 1 aliphatic heterocycles. The molecule has 33 heavy (non-hydrogen) atoms. The second-order valence-corrected chi connectivity index (χ2v) is 10.6. The molecule has 0 saturated carbocycles. The molecule has 0 fully saturated rings. The van der Waals surface area contributed by atoms with Gasteiger partial charge in [0.2, 0.25) is 5.91 Å². The molecule has 0 unspecified atom stereocenters. The van der Waals surface area contributed by atoms with Gasteiger partial charge in [0.05, 0.1) is 25.4 Å². The Morgan fingerprint density at radius 1 is 1.36 bits per heavy atom. The maximum atomic E-state index is 13.2. The van der Waals surface area contributed by atoms with Crippen LogP contribution in [-0.2, 0) is 28.3 Å². The van der Waals surface area contributed by atoms with Crippen molar-refractivity contribution in [1.29, 1.82) is 0 Å². The number of imidazole rings is 1. The monoisotopic (exact) mass is 479 g/mol. The van der Waals surface area contributed by atoms with Crippen molar-refractivity contribution in [2.75, 3.05) is 38.5 Å². The Morgan fingerprint density at radius 3 is 2.70 bits per heavy atom. The lowest BCUT2D eigenvalue weighted by atomic mass is 10.0. The summed E-state index contributed by atoms with van der Waals surface area (Å²) in [5, 5.41) is 9.60. The van der Waals surface area contributed by atoms with Gasteiger partial charge in [-0.25, -0.2) is 4.98 Å². The van der Waals surface area contributed by atoms with Crippen LogP contribution in [0.15, 0.2) is 35.7 Å². The minimum absolute atomic E-state index is 0.0126. The quantitative estimate of drug-likeness (QED) is 0.607. The van der Waals surface area contributed by atoms with Gasteiger partial charge in [-0.05, 0) is 39.2 Å². The molecular formula is C22H33N5O5S. The van der Waals surface area contributed by atoms with Gasteiger partial charge in [0.15, 0.2) is 5.03 Å². The highest BCUT2D eigenvalue weighted by atomic mass is 32.2. The predicted molar refractivity (Wildman–Crippen MR) is 125 cm³/mol. The third-order valence-electron chi connectivity index (χ3n) is 5.67. The molecule has 182 valence electrons. The van der Waals surface area contributed by atoms with Crippen LogP contribution in [-0.4, -0.2) is 84.7 Å². The summed E-state index contributed by atoms with van der Waals surface area (Å²) in [5.74, 6) is 0.406. The molecule has 11 heteroatoms. The van der Waals surface area contributed by atoms with Crippen LogP contribution in [0.1, 0.15) is 19.4 Å². The number of anilines is 1. The van der Waals surface area contributed by atoms with Gasteiger partial charge in [-0.3, -0.25) is 9.52 Å². The number of carbonyl (C=O) groups excluding carboxylic acids is 1. The fourth-order valence-electron chi connectivity index (χ4n) is 3.81. The number of aliphatic hydroxyl groups is 1. The smallest absolute Gasteiger partial charge is 0.280 e. The number of aryl methyl sites for hydroxylation is 1. The third kappa shape index (κ3) is 6.04. The number of rotatable bonds is 7. The van der Waals surface area contributed by atoms with E-state index in [2.05, 4.69) is 9.71 Å². The van der Waals surface area contributed by atoms with E-state index in [1.54, 1.807) is 34.7 Å². The van der Waals surface area contributed by atoms with Crippen LogP contribution in [0.25, 0.3) is 0 Å². The highest BCUT2D eigenvalue weighted by Gasteiger charge is 2.31. The van der Waals surface area contributed by atoms with Gasteiger partial charge in [0.1, 0.15) is 11.9 Å². The number of hydrogen-bond acceptors (Lipinski definition) is 7. The molecule has 1 amide bonds. The number of aromatic nitrogens is 2. The number of fused-ring (bicyclic) bond motifs is 1. The molecule has 10 nitrogen and oxygen atoms in total. The standard InChI is InChI=1S/C22H33N5O5S/c1-15-10-27(16(2)13-28)22(29)9-17-8-18(6-7-19(17)32-20(15)11-25(3)4)24-33(30,31)21-12-26(5)14-23-21/h6-8,12,14-16,20,24,28H,9-11,13H2,1-5H3/t15-,16+,20+/m0/s1. The Balaban J connectivity index is 1.97. The van der Waals surface area contributed by atoms with Gasteiger partial charge >= 0.3 is 0 Å². The summed E-state index contributed by atoms with van der Waals surface area (Å²) in [7, 11) is 1.72. The average molecular weight is 480 g/mol. The van der Waals surface area contributed by atoms with Crippen LogP contribution >= 0.6 is 0 Å². The highest BCUT2D eigenvalue weighted by molar-refractivity contribution is 7.92. The molecular weight excluding hydrogens is 446 g/mol. The van der Waals surface area contributed by atoms with E-state index in [0.29, 0.717) is 30.1 Å². The molecule has 0 aliphatic carbocycles. The van der Waals surface area contributed by atoms with Crippen molar-refractivity contribution in [3.05, 3.63) is 36.3 Å². The Labute approximate surface area is 195 Å². The molecule has 1 aromatic carbocycles. The van der Waals surface area contributed by atoms with E-state index in [0.717, 1.165) is 0 Å². The molecule has 0 radical (unpaired) electrons. The molecule has 0 bridgehead atoms. The van der Waals surface area contributed by atoms with Crippen molar-refractivity contribution in [3.63, 3.8) is 0 Å². The first-order chi connectivity index (χ1) is 15.5. The minimum atomic E-state index is -3.88. The molecule has 2 heterocycles. The number of sulfonamides is 1. The lowest BCUT2D eigenvalue weighted by molar-refractivity contribution is -0.134. The van der Waals surface area contributed by atoms with Gasteiger partial charge in [-0.1, -0.05) is 6.92 Å². The number of hydrogen-bond donors (Lipinski definition) is 2. The summed E-state index contributed by atoms with van der Waals surface area (Å²) in [6.45, 7) is 4.78. The lowest BCUT2D eigenvalue weighted by Gasteiger charge is -2.33. The van der Waals surface area contributed by atoms with E-state index in [1.807, 2.05) is 32.8 Å². The number of benzene rings is 1. The second-order valence-electron chi connectivity index (χ2n) is 8.96. The predicted octanol–water partition coefficient (Wildman–Crippen LogP) is 0.932. The number of likely N-dealkylation sites (N-methyl/N-ethyl adjacent to an activating group) is 1. The number of nitrogens with zero attached hydrogens (tertiary/aromatic N) is 4. The van der Waals surface area contributed by atoms with E-state index in [-0.39, 0.29) is 42.0 Å². The summed E-state index contributed by atoms with van der Waals surface area (Å²) in [5.41, 5.74) is 0.892. The van der Waals surface area contributed by atoms with Gasteiger partial charge in [0, 0.05) is 43.5 Å². The van der Waals surface area contributed by atoms with Crippen LogP contribution in [0.4, 0.5) is 5.69 Å². The zero-order chi connectivity index (χ0) is 24.3. The van der Waals surface area contributed by atoms with Gasteiger partial charge < -0.3 is 24.2 Å². The first-order valence-corrected chi connectivity index (χ1v) is 12.3. The number of ether oxygens (including phenoxy) is 1. The fraction of sp³-hybridized carbons (Fsp3) is 0.545. The van der Waals surface area contributed by atoms with Gasteiger partial charge in [-0.15, -0.1) is 0 Å². The van der Waals surface area contributed by atoms with Crippen molar-refractivity contribution in [2.24, 2.45) is 13.0 Å². The van der Waals surface area contributed by atoms with Crippen molar-refractivity contribution in [3.8, 4) is 5.75 Å². The zero-order valence-electron chi connectivity index (χ0n) is 19.7. The van der Waals surface area contributed by atoms with Crippen molar-refractivity contribution < 1.29 is 23.1 Å². The molecule has 1 aromatic heterocycles. The Bertz CT molecular complexity index is 1080. The van der Waals surface area contributed by atoms with E-state index >= 15 is 0 Å². The van der Waals surface area contributed by atoms with Crippen molar-refractivity contribution >= 4 is 21.6 Å². The maximum Gasteiger partial charge on any atom is 0.280 e. The maximum absolute atomic E-state index is 13.2. The topological polar surface area (TPSA) is 117 Å². The van der Waals surface area contributed by atoms with E-state index < -0.39 is 10.0 Å². The number of carbonyl (C=O) groups is 1. The van der Waals surface area contributed by atoms with Crippen molar-refractivity contribution in [1.82, 2.24) is 19.4 Å². The molecule has 0 spiro atoms. The number of amides is 1. The van der Waals surface area contributed by atoms with Crippen LogP contribution in [0.2, 0.25) is 0 Å². The van der Waals surface area contributed by atoms with Gasteiger partial charge in [0.25, 0.3) is 10.0 Å². The van der Waals surface area contributed by atoms with Crippen molar-refractivity contribution in [2.45, 2.75) is 37.4 Å². The van der Waals surface area contributed by atoms with Crippen LogP contribution < -0.4 is 9.46 Å². The number of nitrogens with one attached hydrogen (secondary N) is 1. The fourth-order valence-corrected chi connectivity index (χ4v) is 4.84. The summed E-state index contributed by atoms with van der Waals surface area (Å²) in [6, 6.07) is 4.59. The number of aliphatic hydroxyl groups excluding tert-OH is 1. The van der Waals surface area contributed by atoms with E-state index in [4.69, 9.17) is 4.74 Å². The second kappa shape index (κ2) is 10.1. The molecule has 0 saturated heterocycles.